The van der Waals surface area contributed by atoms with Crippen LogP contribution in [0.15, 0.2) is 12.2 Å². The number of likely N-dealkylation sites (N-methyl/N-ethyl adjacent to an activating group) is 1. The molecule has 2 N–H and O–H groups in total. The van der Waals surface area contributed by atoms with E-state index in [4.69, 9.17) is 9.05 Å². The third-order valence-electron chi connectivity index (χ3n) is 10.8. The minimum absolute atomic E-state index is 0.0142. The van der Waals surface area contributed by atoms with Crippen LogP contribution in [0, 0.1) is 0 Å². The number of quaternary nitrogens is 1. The molecule has 0 rings (SSSR count). The third-order valence-corrected chi connectivity index (χ3v) is 11.7. The Morgan fingerprint density at radius 2 is 1.00 bits per heavy atom. The average molecular weight is 801 g/mol. The Morgan fingerprint density at radius 3 is 1.42 bits per heavy atom. The van der Waals surface area contributed by atoms with E-state index >= 15 is 0 Å². The Labute approximate surface area is 342 Å². The van der Waals surface area contributed by atoms with Crippen molar-refractivity contribution in [3.05, 3.63) is 12.2 Å². The van der Waals surface area contributed by atoms with Crippen LogP contribution >= 0.6 is 7.82 Å². The van der Waals surface area contributed by atoms with Crippen molar-refractivity contribution in [1.29, 1.82) is 0 Å². The number of phosphoric acid groups is 1. The van der Waals surface area contributed by atoms with Crippen LogP contribution < -0.4 is 10.2 Å². The topological polar surface area (TPSA) is 108 Å². The minimum atomic E-state index is -4.56. The summed E-state index contributed by atoms with van der Waals surface area (Å²) < 4.78 is 23.2. The number of amides is 1. The van der Waals surface area contributed by atoms with Gasteiger partial charge in [0.25, 0.3) is 7.82 Å². The quantitative estimate of drug-likeness (QED) is 0.0275. The van der Waals surface area contributed by atoms with Gasteiger partial charge in [-0.3, -0.25) is 9.36 Å². The fourth-order valence-corrected chi connectivity index (χ4v) is 7.70. The van der Waals surface area contributed by atoms with E-state index in [1.807, 2.05) is 21.1 Å². The molecule has 0 aliphatic carbocycles. The summed E-state index contributed by atoms with van der Waals surface area (Å²) in [6, 6.07) is -0.794. The van der Waals surface area contributed by atoms with E-state index in [1.165, 1.54) is 161 Å². The van der Waals surface area contributed by atoms with Crippen LogP contribution in [0.4, 0.5) is 0 Å². The Balaban J connectivity index is 4.15. The molecular formula is C46H93N2O6P. The molecule has 0 aromatic heterocycles. The number of hydrogen-bond donors (Lipinski definition) is 2. The average Bonchev–Trinajstić information content (AvgIpc) is 3.13. The zero-order valence-electron chi connectivity index (χ0n) is 37.1. The van der Waals surface area contributed by atoms with Crippen LogP contribution in [0.1, 0.15) is 226 Å². The van der Waals surface area contributed by atoms with Gasteiger partial charge in [-0.05, 0) is 38.5 Å². The minimum Gasteiger partial charge on any atom is -0.756 e. The standard InChI is InChI=1S/C46H93N2O6P/c1-6-8-10-12-14-16-18-19-20-21-22-23-24-25-26-27-28-29-30-32-34-36-38-40-46(50)47-44(43-54-55(51,52)53-42-41-48(3,4)5)45(49)39-37-35-33-31-17-15-13-11-9-7-2/h19-20,44-45,49H,6-18,21-43H2,1-5H3,(H-,47,50,51,52)/b20-19+/t44-,45+/m0/s1. The summed E-state index contributed by atoms with van der Waals surface area (Å²) >= 11 is 0. The summed E-state index contributed by atoms with van der Waals surface area (Å²) in [5.74, 6) is -0.164. The lowest BCUT2D eigenvalue weighted by molar-refractivity contribution is -0.870. The number of aliphatic hydroxyl groups excluding tert-OH is 1. The third kappa shape index (κ3) is 41.2. The van der Waals surface area contributed by atoms with Crippen LogP contribution in [0.5, 0.6) is 0 Å². The monoisotopic (exact) mass is 801 g/mol. The van der Waals surface area contributed by atoms with Crippen LogP contribution in [-0.4, -0.2) is 68.5 Å². The number of carbonyl (C=O) groups is 1. The number of rotatable bonds is 43. The molecule has 0 aromatic rings. The van der Waals surface area contributed by atoms with Crippen molar-refractivity contribution in [2.24, 2.45) is 0 Å². The highest BCUT2D eigenvalue weighted by Gasteiger charge is 2.24. The second-order valence-electron chi connectivity index (χ2n) is 17.5. The molecule has 0 radical (unpaired) electrons. The van der Waals surface area contributed by atoms with E-state index in [9.17, 15) is 19.4 Å². The fraction of sp³-hybridized carbons (Fsp3) is 0.935. The van der Waals surface area contributed by atoms with Crippen LogP contribution in [0.25, 0.3) is 0 Å². The van der Waals surface area contributed by atoms with E-state index in [0.29, 0.717) is 23.9 Å². The number of unbranched alkanes of at least 4 members (excludes halogenated alkanes) is 28. The predicted octanol–water partition coefficient (Wildman–Crippen LogP) is 12.5. The van der Waals surface area contributed by atoms with Gasteiger partial charge < -0.3 is 28.8 Å². The van der Waals surface area contributed by atoms with Gasteiger partial charge in [-0.2, -0.15) is 0 Å². The molecule has 1 amide bonds. The van der Waals surface area contributed by atoms with Crippen LogP contribution in [-0.2, 0) is 18.4 Å². The van der Waals surface area contributed by atoms with Gasteiger partial charge in [0, 0.05) is 6.42 Å². The van der Waals surface area contributed by atoms with Gasteiger partial charge in [0.1, 0.15) is 13.2 Å². The zero-order chi connectivity index (χ0) is 40.7. The van der Waals surface area contributed by atoms with E-state index in [2.05, 4.69) is 31.3 Å². The molecule has 0 aliphatic heterocycles. The number of allylic oxidation sites excluding steroid dienone is 2. The number of aliphatic hydroxyl groups is 1. The van der Waals surface area contributed by atoms with Gasteiger partial charge >= 0.3 is 0 Å². The van der Waals surface area contributed by atoms with Gasteiger partial charge in [-0.1, -0.05) is 193 Å². The molecular weight excluding hydrogens is 707 g/mol. The van der Waals surface area contributed by atoms with E-state index < -0.39 is 20.0 Å². The largest absolute Gasteiger partial charge is 0.756 e. The number of nitrogens with zero attached hydrogens (tertiary/aromatic N) is 1. The Morgan fingerprint density at radius 1 is 0.618 bits per heavy atom. The first-order valence-corrected chi connectivity index (χ1v) is 25.0. The SMILES string of the molecule is CCCCCCCC/C=C/CCCCCCCCCCCCCCCC(=O)N[C@@H](COP(=O)([O-])OCC[N+](C)(C)C)[C@H](O)CCCCCCCCCCCC. The molecule has 0 bridgehead atoms. The van der Waals surface area contributed by atoms with Crippen molar-refractivity contribution in [2.45, 2.75) is 238 Å². The van der Waals surface area contributed by atoms with Crippen molar-refractivity contribution in [3.63, 3.8) is 0 Å². The highest BCUT2D eigenvalue weighted by molar-refractivity contribution is 7.45. The van der Waals surface area contributed by atoms with Crippen molar-refractivity contribution >= 4 is 13.7 Å². The molecule has 3 atom stereocenters. The van der Waals surface area contributed by atoms with Crippen LogP contribution in [0.2, 0.25) is 0 Å². The lowest BCUT2D eigenvalue weighted by Crippen LogP contribution is -2.46. The molecule has 0 saturated heterocycles. The number of hydrogen-bond acceptors (Lipinski definition) is 6. The van der Waals surface area contributed by atoms with E-state index in [-0.39, 0.29) is 19.1 Å². The molecule has 0 spiro atoms. The molecule has 0 fully saturated rings. The Hall–Kier alpha value is -0.760. The molecule has 0 aromatic carbocycles. The van der Waals surface area contributed by atoms with E-state index in [1.54, 1.807) is 0 Å². The van der Waals surface area contributed by atoms with Gasteiger partial charge in [0.15, 0.2) is 0 Å². The van der Waals surface area contributed by atoms with Crippen LogP contribution in [0.3, 0.4) is 0 Å². The number of carbonyl (C=O) groups excluding carboxylic acids is 1. The van der Waals surface area contributed by atoms with Gasteiger partial charge in [0.2, 0.25) is 5.91 Å². The second kappa shape index (κ2) is 38.7. The summed E-state index contributed by atoms with van der Waals surface area (Å²) in [5, 5.41) is 13.9. The fourth-order valence-electron chi connectivity index (χ4n) is 6.98. The van der Waals surface area contributed by atoms with Crippen molar-refractivity contribution in [1.82, 2.24) is 5.32 Å². The number of phosphoric ester groups is 1. The molecule has 55 heavy (non-hydrogen) atoms. The van der Waals surface area contributed by atoms with Crippen molar-refractivity contribution < 1.29 is 32.9 Å². The summed E-state index contributed by atoms with van der Waals surface area (Å²) in [7, 11) is 1.31. The van der Waals surface area contributed by atoms with Crippen molar-refractivity contribution in [2.75, 3.05) is 40.9 Å². The summed E-state index contributed by atoms with van der Waals surface area (Å²) in [6.07, 6.45) is 43.7. The van der Waals surface area contributed by atoms with E-state index in [0.717, 1.165) is 38.5 Å². The smallest absolute Gasteiger partial charge is 0.268 e. The molecule has 8 nitrogen and oxygen atoms in total. The van der Waals surface area contributed by atoms with Gasteiger partial charge in [-0.15, -0.1) is 0 Å². The Kier molecular flexibility index (Phi) is 38.2. The first-order valence-electron chi connectivity index (χ1n) is 23.5. The van der Waals surface area contributed by atoms with Crippen molar-refractivity contribution in [3.8, 4) is 0 Å². The molecule has 0 aliphatic rings. The maximum absolute atomic E-state index is 12.9. The maximum atomic E-state index is 12.9. The lowest BCUT2D eigenvalue weighted by Gasteiger charge is -2.30. The normalized spacial score (nSPS) is 14.4. The Bertz CT molecular complexity index is 911. The first kappa shape index (κ1) is 54.2. The molecule has 0 heterocycles. The summed E-state index contributed by atoms with van der Waals surface area (Å²) in [5.41, 5.74) is 0. The second-order valence-corrected chi connectivity index (χ2v) is 18.9. The molecule has 0 saturated carbocycles. The highest BCUT2D eigenvalue weighted by atomic mass is 31.2. The predicted molar refractivity (Wildman–Crippen MR) is 233 cm³/mol. The highest BCUT2D eigenvalue weighted by Crippen LogP contribution is 2.38. The molecule has 1 unspecified atom stereocenters. The maximum Gasteiger partial charge on any atom is 0.268 e. The first-order chi connectivity index (χ1) is 26.5. The van der Waals surface area contributed by atoms with Gasteiger partial charge in [0.05, 0.1) is 39.9 Å². The number of nitrogens with one attached hydrogen (secondary N) is 1. The zero-order valence-corrected chi connectivity index (χ0v) is 38.0. The lowest BCUT2D eigenvalue weighted by atomic mass is 10.0. The van der Waals surface area contributed by atoms with Gasteiger partial charge in [-0.25, -0.2) is 0 Å². The molecule has 328 valence electrons. The summed E-state index contributed by atoms with van der Waals surface area (Å²) in [6.45, 7) is 4.71. The molecule has 9 heteroatoms. The summed E-state index contributed by atoms with van der Waals surface area (Å²) in [4.78, 5) is 25.3.